The summed E-state index contributed by atoms with van der Waals surface area (Å²) in [5, 5.41) is 3.04. The van der Waals surface area contributed by atoms with Crippen LogP contribution in [0.4, 0.5) is 19.0 Å². The van der Waals surface area contributed by atoms with Gasteiger partial charge >= 0.3 is 6.18 Å². The molecular weight excluding hydrogens is 331 g/mol. The van der Waals surface area contributed by atoms with Gasteiger partial charge in [0.05, 0.1) is 18.7 Å². The molecule has 0 radical (unpaired) electrons. The summed E-state index contributed by atoms with van der Waals surface area (Å²) in [7, 11) is 0. The molecule has 23 heavy (non-hydrogen) atoms. The molecule has 0 aromatic carbocycles. The average Bonchev–Trinajstić information content (AvgIpc) is 3.30. The topological polar surface area (TPSA) is 46.5 Å². The smallest absolute Gasteiger partial charge is 0.353 e. The van der Waals surface area contributed by atoms with Gasteiger partial charge in [-0.05, 0) is 31.7 Å². The number of pyridine rings is 1. The van der Waals surface area contributed by atoms with E-state index in [9.17, 15) is 18.0 Å². The summed E-state index contributed by atoms with van der Waals surface area (Å²) < 4.78 is 38.0. The van der Waals surface area contributed by atoms with Gasteiger partial charge in [0, 0.05) is 12.0 Å². The number of alkyl halides is 3. The van der Waals surface area contributed by atoms with Crippen LogP contribution in [0.1, 0.15) is 31.2 Å². The molecule has 0 atom stereocenters. The highest BCUT2D eigenvalue weighted by Crippen LogP contribution is 2.33. The van der Waals surface area contributed by atoms with Crippen LogP contribution in [0.15, 0.2) is 12.3 Å². The average molecular weight is 349 g/mol. The Bertz CT molecular complexity index is 596. The van der Waals surface area contributed by atoms with Gasteiger partial charge in [0.1, 0.15) is 11.2 Å². The number of rotatable bonds is 3. The van der Waals surface area contributed by atoms with E-state index in [4.69, 9.17) is 11.6 Å². The summed E-state index contributed by atoms with van der Waals surface area (Å²) >= 11 is 5.99. The SMILES string of the molecule is O=C(NC1CC1)C1CCN(c2[nH+]cc(C(F)(F)F)cc2Cl)CC1. The Morgan fingerprint density at radius 1 is 1.26 bits per heavy atom. The first-order valence-electron chi connectivity index (χ1n) is 7.68. The van der Waals surface area contributed by atoms with Crippen LogP contribution in [-0.4, -0.2) is 25.0 Å². The van der Waals surface area contributed by atoms with Crippen LogP contribution in [0, 0.1) is 5.92 Å². The number of aromatic amines is 1. The molecular formula is C15H18ClF3N3O+. The second-order valence-electron chi connectivity index (χ2n) is 6.13. The molecule has 4 nitrogen and oxygen atoms in total. The molecule has 3 rings (SSSR count). The van der Waals surface area contributed by atoms with Gasteiger partial charge in [-0.25, -0.2) is 4.98 Å². The number of aromatic nitrogens is 1. The molecule has 1 aromatic heterocycles. The van der Waals surface area contributed by atoms with Crippen molar-refractivity contribution in [3.63, 3.8) is 0 Å². The fraction of sp³-hybridized carbons (Fsp3) is 0.600. The van der Waals surface area contributed by atoms with E-state index in [-0.39, 0.29) is 16.8 Å². The summed E-state index contributed by atoms with van der Waals surface area (Å²) in [6, 6.07) is 1.28. The van der Waals surface area contributed by atoms with E-state index in [1.54, 1.807) is 0 Å². The van der Waals surface area contributed by atoms with Gasteiger partial charge in [-0.1, -0.05) is 11.6 Å². The van der Waals surface area contributed by atoms with Gasteiger partial charge < -0.3 is 5.32 Å². The summed E-state index contributed by atoms with van der Waals surface area (Å²) in [5.74, 6) is 0.537. The molecule has 2 aliphatic rings. The second kappa shape index (κ2) is 6.19. The van der Waals surface area contributed by atoms with Crippen molar-refractivity contribution in [1.82, 2.24) is 5.32 Å². The van der Waals surface area contributed by atoms with Crippen LogP contribution in [0.2, 0.25) is 5.02 Å². The zero-order chi connectivity index (χ0) is 16.6. The van der Waals surface area contributed by atoms with E-state index in [2.05, 4.69) is 10.3 Å². The second-order valence-corrected chi connectivity index (χ2v) is 6.53. The third-order valence-electron chi connectivity index (χ3n) is 4.31. The lowest BCUT2D eigenvalue weighted by molar-refractivity contribution is -0.367. The van der Waals surface area contributed by atoms with Gasteiger partial charge in [-0.3, -0.25) is 9.69 Å². The van der Waals surface area contributed by atoms with Crippen LogP contribution in [-0.2, 0) is 11.0 Å². The third kappa shape index (κ3) is 3.88. The Morgan fingerprint density at radius 2 is 1.91 bits per heavy atom. The minimum Gasteiger partial charge on any atom is -0.353 e. The van der Waals surface area contributed by atoms with Gasteiger partial charge in [-0.2, -0.15) is 13.2 Å². The molecule has 2 heterocycles. The highest BCUT2D eigenvalue weighted by molar-refractivity contribution is 6.32. The molecule has 1 aliphatic carbocycles. The number of amides is 1. The van der Waals surface area contributed by atoms with E-state index in [0.717, 1.165) is 25.1 Å². The van der Waals surface area contributed by atoms with Crippen molar-refractivity contribution in [2.45, 2.75) is 37.9 Å². The minimum atomic E-state index is -4.42. The van der Waals surface area contributed by atoms with Crippen molar-refractivity contribution in [1.29, 1.82) is 0 Å². The van der Waals surface area contributed by atoms with Crippen LogP contribution in [0.25, 0.3) is 0 Å². The Morgan fingerprint density at radius 3 is 2.43 bits per heavy atom. The summed E-state index contributed by atoms with van der Waals surface area (Å²) in [5.41, 5.74) is -0.801. The first kappa shape index (κ1) is 16.4. The summed E-state index contributed by atoms with van der Waals surface area (Å²) in [6.07, 6.45) is -0.0471. The fourth-order valence-electron chi connectivity index (χ4n) is 2.78. The molecule has 1 saturated carbocycles. The Hall–Kier alpha value is -1.50. The number of hydrogen-bond donors (Lipinski definition) is 1. The maximum Gasteiger partial charge on any atom is 0.419 e. The van der Waals surface area contributed by atoms with Crippen molar-refractivity contribution in [2.24, 2.45) is 5.92 Å². The lowest BCUT2D eigenvalue weighted by Gasteiger charge is -2.27. The molecule has 0 bridgehead atoms. The van der Waals surface area contributed by atoms with Crippen molar-refractivity contribution in [3.05, 3.63) is 22.8 Å². The predicted octanol–water partition coefficient (Wildman–Crippen LogP) is 2.67. The number of carbonyl (C=O) groups excluding carboxylic acids is 1. The quantitative estimate of drug-likeness (QED) is 0.913. The van der Waals surface area contributed by atoms with Crippen LogP contribution in [0.5, 0.6) is 0 Å². The fourth-order valence-corrected chi connectivity index (χ4v) is 3.07. The monoisotopic (exact) mass is 348 g/mol. The van der Waals surface area contributed by atoms with E-state index in [0.29, 0.717) is 37.8 Å². The van der Waals surface area contributed by atoms with Gasteiger partial charge in [0.15, 0.2) is 0 Å². The molecule has 8 heteroatoms. The zero-order valence-electron chi connectivity index (χ0n) is 12.4. The Balaban J connectivity index is 1.62. The molecule has 126 valence electrons. The van der Waals surface area contributed by atoms with Gasteiger partial charge in [0.2, 0.25) is 5.91 Å². The lowest BCUT2D eigenvalue weighted by Crippen LogP contribution is -2.42. The zero-order valence-corrected chi connectivity index (χ0v) is 13.2. The maximum absolute atomic E-state index is 12.7. The maximum atomic E-state index is 12.7. The van der Waals surface area contributed by atoms with Crippen LogP contribution < -0.4 is 15.2 Å². The number of nitrogens with one attached hydrogen (secondary N) is 2. The predicted molar refractivity (Wildman–Crippen MR) is 79.1 cm³/mol. The van der Waals surface area contributed by atoms with Crippen molar-refractivity contribution in [2.75, 3.05) is 18.0 Å². The molecule has 1 saturated heterocycles. The van der Waals surface area contributed by atoms with E-state index < -0.39 is 11.7 Å². The molecule has 2 N–H and O–H groups in total. The number of H-pyrrole nitrogens is 1. The summed E-state index contributed by atoms with van der Waals surface area (Å²) in [4.78, 5) is 16.6. The van der Waals surface area contributed by atoms with E-state index in [1.807, 2.05) is 4.90 Å². The van der Waals surface area contributed by atoms with Crippen LogP contribution in [0.3, 0.4) is 0 Å². The highest BCUT2D eigenvalue weighted by Gasteiger charge is 2.36. The normalized spacial score (nSPS) is 19.7. The molecule has 2 fully saturated rings. The number of piperidine rings is 1. The van der Waals surface area contributed by atoms with Crippen LogP contribution >= 0.6 is 11.6 Å². The summed E-state index contributed by atoms with van der Waals surface area (Å²) in [6.45, 7) is 1.18. The van der Waals surface area contributed by atoms with E-state index >= 15 is 0 Å². The first-order chi connectivity index (χ1) is 10.8. The lowest BCUT2D eigenvalue weighted by atomic mass is 9.96. The molecule has 0 spiro atoms. The molecule has 1 aromatic rings. The van der Waals surface area contributed by atoms with E-state index in [1.165, 1.54) is 0 Å². The van der Waals surface area contributed by atoms with Crippen molar-refractivity contribution >= 4 is 23.3 Å². The standard InChI is InChI=1S/C15H17ClF3N3O/c16-12-7-10(15(17,18)19)8-20-13(12)22-5-3-9(4-6-22)14(23)21-11-1-2-11/h7-9,11H,1-6H2,(H,21,23)/p+1. The highest BCUT2D eigenvalue weighted by atomic mass is 35.5. The Kier molecular flexibility index (Phi) is 4.40. The van der Waals surface area contributed by atoms with Gasteiger partial charge in [0.25, 0.3) is 5.82 Å². The number of nitrogens with zero attached hydrogens (tertiary/aromatic N) is 1. The van der Waals surface area contributed by atoms with Crippen molar-refractivity contribution in [3.8, 4) is 0 Å². The van der Waals surface area contributed by atoms with Crippen molar-refractivity contribution < 1.29 is 22.9 Å². The van der Waals surface area contributed by atoms with Gasteiger partial charge in [-0.15, -0.1) is 0 Å². The molecule has 1 aliphatic heterocycles. The molecule has 1 amide bonds. The number of hydrogen-bond acceptors (Lipinski definition) is 2. The number of halogens is 4. The molecule has 0 unspecified atom stereocenters. The largest absolute Gasteiger partial charge is 0.419 e. The number of carbonyl (C=O) groups is 1. The number of anilines is 1. The first-order valence-corrected chi connectivity index (χ1v) is 8.06. The third-order valence-corrected chi connectivity index (χ3v) is 4.59. The minimum absolute atomic E-state index is 0.0277. The Labute approximate surface area is 137 Å².